The highest BCUT2D eigenvalue weighted by molar-refractivity contribution is 9.10. The first-order chi connectivity index (χ1) is 9.40. The largest absolute Gasteiger partial charge is 0.368 e. The summed E-state index contributed by atoms with van der Waals surface area (Å²) in [6, 6.07) is 7.09. The maximum Gasteiger partial charge on any atom is 0.0428 e. The SMILES string of the molecule is CCC(CC)N(CC(C)C)c1cc(Br)ccc1C(C)N. The van der Waals surface area contributed by atoms with Crippen LogP contribution >= 0.6 is 15.9 Å². The topological polar surface area (TPSA) is 29.3 Å². The van der Waals surface area contributed by atoms with Crippen LogP contribution in [0.3, 0.4) is 0 Å². The molecule has 0 aliphatic heterocycles. The summed E-state index contributed by atoms with van der Waals surface area (Å²) in [5, 5.41) is 0. The molecule has 0 spiro atoms. The van der Waals surface area contributed by atoms with Crippen molar-refractivity contribution in [2.24, 2.45) is 11.7 Å². The zero-order valence-electron chi connectivity index (χ0n) is 13.5. The van der Waals surface area contributed by atoms with Crippen molar-refractivity contribution >= 4 is 21.6 Å². The minimum Gasteiger partial charge on any atom is -0.368 e. The summed E-state index contributed by atoms with van der Waals surface area (Å²) in [6.07, 6.45) is 2.32. The fourth-order valence-electron chi connectivity index (χ4n) is 2.72. The first kappa shape index (κ1) is 17.5. The lowest BCUT2D eigenvalue weighted by Gasteiger charge is -2.36. The molecule has 0 heterocycles. The van der Waals surface area contributed by atoms with Crippen LogP contribution in [-0.2, 0) is 0 Å². The first-order valence-electron chi connectivity index (χ1n) is 7.72. The molecule has 3 heteroatoms. The second-order valence-corrected chi connectivity index (χ2v) is 6.92. The molecule has 0 aromatic heterocycles. The Kier molecular flexibility index (Phi) is 7.04. The zero-order valence-corrected chi connectivity index (χ0v) is 15.1. The Balaban J connectivity index is 3.27. The van der Waals surface area contributed by atoms with Crippen molar-refractivity contribution in [3.8, 4) is 0 Å². The Morgan fingerprint density at radius 3 is 2.20 bits per heavy atom. The van der Waals surface area contributed by atoms with Crippen LogP contribution in [0.1, 0.15) is 59.1 Å². The van der Waals surface area contributed by atoms with E-state index in [1.807, 2.05) is 0 Å². The van der Waals surface area contributed by atoms with Crippen LogP contribution in [0.4, 0.5) is 5.69 Å². The molecular formula is C17H29BrN2. The second-order valence-electron chi connectivity index (χ2n) is 6.01. The fourth-order valence-corrected chi connectivity index (χ4v) is 3.07. The summed E-state index contributed by atoms with van der Waals surface area (Å²) in [5.41, 5.74) is 8.70. The van der Waals surface area contributed by atoms with E-state index < -0.39 is 0 Å². The third-order valence-electron chi connectivity index (χ3n) is 3.74. The maximum absolute atomic E-state index is 6.17. The van der Waals surface area contributed by atoms with Gasteiger partial charge in [0.05, 0.1) is 0 Å². The van der Waals surface area contributed by atoms with Crippen LogP contribution in [0.25, 0.3) is 0 Å². The number of halogens is 1. The lowest BCUT2D eigenvalue weighted by Crippen LogP contribution is -2.38. The van der Waals surface area contributed by atoms with Gasteiger partial charge in [-0.25, -0.2) is 0 Å². The molecule has 0 saturated carbocycles. The highest BCUT2D eigenvalue weighted by atomic mass is 79.9. The second kappa shape index (κ2) is 8.04. The molecule has 0 fully saturated rings. The van der Waals surface area contributed by atoms with E-state index in [1.54, 1.807) is 0 Å². The van der Waals surface area contributed by atoms with E-state index in [2.05, 4.69) is 73.6 Å². The monoisotopic (exact) mass is 340 g/mol. The Hall–Kier alpha value is -0.540. The number of nitrogens with zero attached hydrogens (tertiary/aromatic N) is 1. The molecule has 0 bridgehead atoms. The quantitative estimate of drug-likeness (QED) is 0.746. The van der Waals surface area contributed by atoms with Crippen molar-refractivity contribution in [3.05, 3.63) is 28.2 Å². The molecule has 0 saturated heterocycles. The zero-order chi connectivity index (χ0) is 15.3. The van der Waals surface area contributed by atoms with Crippen molar-refractivity contribution in [2.75, 3.05) is 11.4 Å². The average Bonchev–Trinajstić information content (AvgIpc) is 2.38. The molecule has 114 valence electrons. The van der Waals surface area contributed by atoms with E-state index in [4.69, 9.17) is 5.73 Å². The van der Waals surface area contributed by atoms with Gasteiger partial charge in [0.1, 0.15) is 0 Å². The summed E-state index contributed by atoms with van der Waals surface area (Å²) < 4.78 is 1.12. The standard InChI is InChI=1S/C17H29BrN2/c1-6-15(7-2)20(11-12(3)4)17-10-14(18)8-9-16(17)13(5)19/h8-10,12-13,15H,6-7,11,19H2,1-5H3. The van der Waals surface area contributed by atoms with E-state index in [0.717, 1.165) is 23.9 Å². The van der Waals surface area contributed by atoms with Crippen LogP contribution in [0.15, 0.2) is 22.7 Å². The molecule has 20 heavy (non-hydrogen) atoms. The molecular weight excluding hydrogens is 312 g/mol. The molecule has 0 aliphatic rings. The van der Waals surface area contributed by atoms with Gasteiger partial charge in [-0.2, -0.15) is 0 Å². The number of anilines is 1. The van der Waals surface area contributed by atoms with Crippen molar-refractivity contribution in [3.63, 3.8) is 0 Å². The van der Waals surface area contributed by atoms with E-state index in [1.165, 1.54) is 11.3 Å². The van der Waals surface area contributed by atoms with Gasteiger partial charge >= 0.3 is 0 Å². The van der Waals surface area contributed by atoms with Crippen molar-refractivity contribution in [1.29, 1.82) is 0 Å². The van der Waals surface area contributed by atoms with Crippen LogP contribution in [-0.4, -0.2) is 12.6 Å². The van der Waals surface area contributed by atoms with E-state index >= 15 is 0 Å². The number of hydrogen-bond donors (Lipinski definition) is 1. The summed E-state index contributed by atoms with van der Waals surface area (Å²) >= 11 is 3.61. The smallest absolute Gasteiger partial charge is 0.0428 e. The van der Waals surface area contributed by atoms with Crippen molar-refractivity contribution < 1.29 is 0 Å². The van der Waals surface area contributed by atoms with Gasteiger partial charge in [0.15, 0.2) is 0 Å². The third kappa shape index (κ3) is 4.49. The molecule has 1 unspecified atom stereocenters. The molecule has 0 amide bonds. The maximum atomic E-state index is 6.17. The Morgan fingerprint density at radius 2 is 1.75 bits per heavy atom. The summed E-state index contributed by atoms with van der Waals surface area (Å²) in [4.78, 5) is 2.55. The number of benzene rings is 1. The molecule has 1 atom stereocenters. The minimum absolute atomic E-state index is 0.0575. The summed E-state index contributed by atoms with van der Waals surface area (Å²) in [6.45, 7) is 12.2. The fraction of sp³-hybridized carbons (Fsp3) is 0.647. The minimum atomic E-state index is 0.0575. The van der Waals surface area contributed by atoms with Gasteiger partial charge in [0, 0.05) is 28.8 Å². The Bertz CT molecular complexity index is 411. The molecule has 2 nitrogen and oxygen atoms in total. The predicted molar refractivity (Wildman–Crippen MR) is 93.3 cm³/mol. The molecule has 1 aromatic rings. The molecule has 0 radical (unpaired) electrons. The van der Waals surface area contributed by atoms with Crippen LogP contribution in [0.5, 0.6) is 0 Å². The van der Waals surface area contributed by atoms with E-state index in [9.17, 15) is 0 Å². The van der Waals surface area contributed by atoms with Crippen molar-refractivity contribution in [1.82, 2.24) is 0 Å². The van der Waals surface area contributed by atoms with E-state index in [0.29, 0.717) is 12.0 Å². The lowest BCUT2D eigenvalue weighted by atomic mass is 10.0. The Morgan fingerprint density at radius 1 is 1.15 bits per heavy atom. The highest BCUT2D eigenvalue weighted by Gasteiger charge is 2.21. The summed E-state index contributed by atoms with van der Waals surface area (Å²) in [5.74, 6) is 0.635. The number of rotatable bonds is 7. The third-order valence-corrected chi connectivity index (χ3v) is 4.23. The summed E-state index contributed by atoms with van der Waals surface area (Å²) in [7, 11) is 0. The van der Waals surface area contributed by atoms with Gasteiger partial charge in [-0.15, -0.1) is 0 Å². The average molecular weight is 341 g/mol. The van der Waals surface area contributed by atoms with Gasteiger partial charge in [-0.1, -0.05) is 49.7 Å². The lowest BCUT2D eigenvalue weighted by molar-refractivity contribution is 0.505. The molecule has 1 rings (SSSR count). The highest BCUT2D eigenvalue weighted by Crippen LogP contribution is 2.32. The van der Waals surface area contributed by atoms with Gasteiger partial charge in [0.25, 0.3) is 0 Å². The number of nitrogens with two attached hydrogens (primary N) is 1. The molecule has 0 aliphatic carbocycles. The molecule has 1 aromatic carbocycles. The van der Waals surface area contributed by atoms with Gasteiger partial charge in [0.2, 0.25) is 0 Å². The van der Waals surface area contributed by atoms with Crippen LogP contribution < -0.4 is 10.6 Å². The number of hydrogen-bond acceptors (Lipinski definition) is 2. The van der Waals surface area contributed by atoms with Crippen LogP contribution in [0.2, 0.25) is 0 Å². The van der Waals surface area contributed by atoms with Gasteiger partial charge < -0.3 is 10.6 Å². The van der Waals surface area contributed by atoms with Crippen molar-refractivity contribution in [2.45, 2.75) is 59.5 Å². The Labute approximate surface area is 132 Å². The predicted octanol–water partition coefficient (Wildman–Crippen LogP) is 5.12. The van der Waals surface area contributed by atoms with Gasteiger partial charge in [-0.3, -0.25) is 0 Å². The van der Waals surface area contributed by atoms with Gasteiger partial charge in [-0.05, 0) is 43.4 Å². The van der Waals surface area contributed by atoms with E-state index in [-0.39, 0.29) is 6.04 Å². The first-order valence-corrected chi connectivity index (χ1v) is 8.51. The molecule has 2 N–H and O–H groups in total. The normalized spacial score (nSPS) is 13.1. The van der Waals surface area contributed by atoms with Crippen LogP contribution in [0, 0.1) is 5.92 Å².